The number of fused-ring (bicyclic) bond motifs is 2. The first-order chi connectivity index (χ1) is 11.6. The number of carbonyl (C=O) groups excluding carboxylic acids is 1. The predicted molar refractivity (Wildman–Crippen MR) is 91.3 cm³/mol. The van der Waals surface area contributed by atoms with Crippen LogP contribution in [0.2, 0.25) is 0 Å². The van der Waals surface area contributed by atoms with Gasteiger partial charge >= 0.3 is 0 Å². The average Bonchev–Trinajstić information content (AvgIpc) is 3.07. The number of hydrogen-bond donors (Lipinski definition) is 0. The molecule has 0 bridgehead atoms. The van der Waals surface area contributed by atoms with Gasteiger partial charge in [0.2, 0.25) is 6.79 Å². The van der Waals surface area contributed by atoms with Crippen molar-refractivity contribution in [3.63, 3.8) is 0 Å². The highest BCUT2D eigenvalue weighted by Gasteiger charge is 2.33. The van der Waals surface area contributed by atoms with Crippen LogP contribution in [0.4, 0.5) is 0 Å². The lowest BCUT2D eigenvalue weighted by Gasteiger charge is -2.40. The molecule has 0 aliphatic carbocycles. The number of amides is 1. The van der Waals surface area contributed by atoms with Gasteiger partial charge in [0.25, 0.3) is 5.91 Å². The van der Waals surface area contributed by atoms with E-state index in [0.717, 1.165) is 13.0 Å². The third-order valence-corrected chi connectivity index (χ3v) is 4.84. The normalized spacial score (nSPS) is 18.6. The lowest BCUT2D eigenvalue weighted by Crippen LogP contribution is -2.42. The van der Waals surface area contributed by atoms with Crippen LogP contribution in [-0.2, 0) is 6.42 Å². The van der Waals surface area contributed by atoms with Crippen LogP contribution in [-0.4, -0.2) is 24.1 Å². The zero-order valence-corrected chi connectivity index (χ0v) is 14.0. The summed E-state index contributed by atoms with van der Waals surface area (Å²) in [4.78, 5) is 15.2. The second-order valence-electron chi connectivity index (χ2n) is 6.70. The third-order valence-electron chi connectivity index (χ3n) is 4.84. The van der Waals surface area contributed by atoms with Gasteiger partial charge in [0, 0.05) is 12.1 Å². The Hall–Kier alpha value is -2.49. The van der Waals surface area contributed by atoms with Crippen molar-refractivity contribution in [1.29, 1.82) is 0 Å². The minimum Gasteiger partial charge on any atom is -0.454 e. The highest BCUT2D eigenvalue weighted by molar-refractivity contribution is 5.95. The molecule has 0 spiro atoms. The quantitative estimate of drug-likeness (QED) is 0.843. The minimum atomic E-state index is 0.0569. The number of rotatable bonds is 2. The molecule has 1 amide bonds. The summed E-state index contributed by atoms with van der Waals surface area (Å²) in [6, 6.07) is 14.0. The Bertz CT molecular complexity index is 784. The zero-order chi connectivity index (χ0) is 16.7. The van der Waals surface area contributed by atoms with Gasteiger partial charge in [-0.2, -0.15) is 0 Å². The van der Waals surface area contributed by atoms with Gasteiger partial charge in [0.1, 0.15) is 0 Å². The fraction of sp³-hybridized carbons (Fsp3) is 0.350. The summed E-state index contributed by atoms with van der Waals surface area (Å²) in [5.41, 5.74) is 3.28. The molecule has 4 nitrogen and oxygen atoms in total. The van der Waals surface area contributed by atoms with E-state index < -0.39 is 0 Å². The molecule has 0 saturated carbocycles. The standard InChI is InChI=1S/C20H21NO3/c1-13(2)19-16-6-4-3-5-14(16)9-10-21(19)20(22)15-7-8-17-18(11-15)24-12-23-17/h3-8,11,13,19H,9-10,12H2,1-2H3. The SMILES string of the molecule is CC(C)C1c2ccccc2CCN1C(=O)c1ccc2c(c1)OCO2. The molecule has 2 aromatic rings. The molecule has 0 saturated heterocycles. The predicted octanol–water partition coefficient (Wildman–Crippen LogP) is 3.81. The number of benzene rings is 2. The van der Waals surface area contributed by atoms with Crippen molar-refractivity contribution in [2.75, 3.05) is 13.3 Å². The molecule has 0 fully saturated rings. The molecule has 2 aliphatic heterocycles. The second kappa shape index (κ2) is 5.86. The van der Waals surface area contributed by atoms with Gasteiger partial charge in [0.15, 0.2) is 11.5 Å². The van der Waals surface area contributed by atoms with Crippen LogP contribution in [0.3, 0.4) is 0 Å². The maximum absolute atomic E-state index is 13.2. The monoisotopic (exact) mass is 323 g/mol. The van der Waals surface area contributed by atoms with Crippen LogP contribution in [0.25, 0.3) is 0 Å². The third kappa shape index (κ3) is 2.42. The summed E-state index contributed by atoms with van der Waals surface area (Å²) >= 11 is 0. The first kappa shape index (κ1) is 15.1. The molecule has 24 heavy (non-hydrogen) atoms. The van der Waals surface area contributed by atoms with Gasteiger partial charge < -0.3 is 14.4 Å². The van der Waals surface area contributed by atoms with Crippen LogP contribution in [0.5, 0.6) is 11.5 Å². The van der Waals surface area contributed by atoms with E-state index in [9.17, 15) is 4.79 Å². The zero-order valence-electron chi connectivity index (χ0n) is 14.0. The van der Waals surface area contributed by atoms with Gasteiger partial charge in [-0.05, 0) is 41.7 Å². The van der Waals surface area contributed by atoms with Crippen molar-refractivity contribution in [1.82, 2.24) is 4.90 Å². The Morgan fingerprint density at radius 1 is 1.12 bits per heavy atom. The van der Waals surface area contributed by atoms with E-state index in [0.29, 0.717) is 23.0 Å². The number of hydrogen-bond acceptors (Lipinski definition) is 3. The van der Waals surface area contributed by atoms with E-state index in [2.05, 4.69) is 38.1 Å². The Balaban J connectivity index is 1.69. The smallest absolute Gasteiger partial charge is 0.254 e. The van der Waals surface area contributed by atoms with Crippen molar-refractivity contribution in [3.05, 3.63) is 59.2 Å². The average molecular weight is 323 g/mol. The molecule has 2 aliphatic rings. The molecule has 0 radical (unpaired) electrons. The highest BCUT2D eigenvalue weighted by atomic mass is 16.7. The van der Waals surface area contributed by atoms with Crippen molar-refractivity contribution in [2.24, 2.45) is 5.92 Å². The molecular formula is C20H21NO3. The molecule has 2 aromatic carbocycles. The summed E-state index contributed by atoms with van der Waals surface area (Å²) in [6.07, 6.45) is 0.898. The molecule has 2 heterocycles. The van der Waals surface area contributed by atoms with Crippen LogP contribution in [0.15, 0.2) is 42.5 Å². The van der Waals surface area contributed by atoms with Crippen LogP contribution >= 0.6 is 0 Å². The number of nitrogens with zero attached hydrogens (tertiary/aromatic N) is 1. The van der Waals surface area contributed by atoms with Gasteiger partial charge in [-0.25, -0.2) is 0 Å². The van der Waals surface area contributed by atoms with E-state index in [4.69, 9.17) is 9.47 Å². The van der Waals surface area contributed by atoms with Crippen molar-refractivity contribution < 1.29 is 14.3 Å². The van der Waals surface area contributed by atoms with Crippen LogP contribution in [0.1, 0.15) is 41.4 Å². The summed E-state index contributed by atoms with van der Waals surface area (Å²) in [5, 5.41) is 0. The van der Waals surface area contributed by atoms with Gasteiger partial charge in [0.05, 0.1) is 6.04 Å². The summed E-state index contributed by atoms with van der Waals surface area (Å²) in [6.45, 7) is 5.31. The molecule has 1 atom stereocenters. The number of carbonyl (C=O) groups is 1. The molecular weight excluding hydrogens is 302 g/mol. The van der Waals surface area contributed by atoms with E-state index in [1.54, 1.807) is 6.07 Å². The molecule has 4 rings (SSSR count). The van der Waals surface area contributed by atoms with Crippen LogP contribution in [0, 0.1) is 5.92 Å². The summed E-state index contributed by atoms with van der Waals surface area (Å²) < 4.78 is 10.8. The molecule has 0 N–H and O–H groups in total. The van der Waals surface area contributed by atoms with Crippen molar-refractivity contribution >= 4 is 5.91 Å². The molecule has 124 valence electrons. The maximum Gasteiger partial charge on any atom is 0.254 e. The Labute approximate surface area is 142 Å². The first-order valence-electron chi connectivity index (χ1n) is 8.43. The minimum absolute atomic E-state index is 0.0569. The van der Waals surface area contributed by atoms with E-state index >= 15 is 0 Å². The largest absolute Gasteiger partial charge is 0.454 e. The van der Waals surface area contributed by atoms with Crippen LogP contribution < -0.4 is 9.47 Å². The highest BCUT2D eigenvalue weighted by Crippen LogP contribution is 2.37. The summed E-state index contributed by atoms with van der Waals surface area (Å²) in [7, 11) is 0. The van der Waals surface area contributed by atoms with Crippen molar-refractivity contribution in [2.45, 2.75) is 26.3 Å². The topological polar surface area (TPSA) is 38.8 Å². The van der Waals surface area contributed by atoms with Gasteiger partial charge in [-0.1, -0.05) is 38.1 Å². The maximum atomic E-state index is 13.2. The lowest BCUT2D eigenvalue weighted by atomic mass is 9.86. The Morgan fingerprint density at radius 2 is 1.92 bits per heavy atom. The molecule has 4 heteroatoms. The summed E-state index contributed by atoms with van der Waals surface area (Å²) in [5.74, 6) is 1.77. The lowest BCUT2D eigenvalue weighted by molar-refractivity contribution is 0.0603. The van der Waals surface area contributed by atoms with E-state index in [1.807, 2.05) is 17.0 Å². The van der Waals surface area contributed by atoms with Gasteiger partial charge in [-0.3, -0.25) is 4.79 Å². The molecule has 0 aromatic heterocycles. The Morgan fingerprint density at radius 3 is 2.75 bits per heavy atom. The first-order valence-corrected chi connectivity index (χ1v) is 8.43. The number of ether oxygens (including phenoxy) is 2. The second-order valence-corrected chi connectivity index (χ2v) is 6.70. The fourth-order valence-corrected chi connectivity index (χ4v) is 3.74. The van der Waals surface area contributed by atoms with Gasteiger partial charge in [-0.15, -0.1) is 0 Å². The molecule has 1 unspecified atom stereocenters. The fourth-order valence-electron chi connectivity index (χ4n) is 3.74. The van der Waals surface area contributed by atoms with Crippen molar-refractivity contribution in [3.8, 4) is 11.5 Å². The van der Waals surface area contributed by atoms with E-state index in [1.165, 1.54) is 11.1 Å². The van der Waals surface area contributed by atoms with E-state index in [-0.39, 0.29) is 18.7 Å². The Kier molecular flexibility index (Phi) is 3.68.